The van der Waals surface area contributed by atoms with Crippen molar-refractivity contribution in [2.75, 3.05) is 13.1 Å². The Morgan fingerprint density at radius 2 is 1.15 bits per heavy atom. The largest absolute Gasteiger partial charge is 0.338 e. The van der Waals surface area contributed by atoms with Crippen molar-refractivity contribution in [1.29, 1.82) is 0 Å². The summed E-state index contributed by atoms with van der Waals surface area (Å²) in [5, 5.41) is 5.31. The van der Waals surface area contributed by atoms with Gasteiger partial charge in [0.15, 0.2) is 11.6 Å². The predicted octanol–water partition coefficient (Wildman–Crippen LogP) is 2.14. The quantitative estimate of drug-likeness (QED) is 0.475. The van der Waals surface area contributed by atoms with E-state index in [1.165, 1.54) is 0 Å². The minimum Gasteiger partial charge on any atom is -0.338 e. The Morgan fingerprint density at radius 3 is 1.45 bits per heavy atom. The summed E-state index contributed by atoms with van der Waals surface area (Å²) in [7, 11) is 0. The van der Waals surface area contributed by atoms with Crippen LogP contribution in [0.15, 0.2) is 24.3 Å². The molecule has 0 aliphatic rings. The number of nitrogens with one attached hydrogen (secondary N) is 2. The molecule has 2 amide bonds. The van der Waals surface area contributed by atoms with Crippen LogP contribution in [0.5, 0.6) is 0 Å². The number of ketones is 2. The third-order valence-electron chi connectivity index (χ3n) is 2.68. The van der Waals surface area contributed by atoms with Gasteiger partial charge in [-0.2, -0.15) is 0 Å². The monoisotopic (exact) mass is 280 g/mol. The molecule has 0 aromatic carbocycles. The second-order valence-electron chi connectivity index (χ2n) is 4.80. The van der Waals surface area contributed by atoms with Crippen LogP contribution in [0.4, 0.5) is 4.79 Å². The number of Topliss-reactive ketones (excluding diaryl/α,β-unsaturated/α-hetero) is 2. The molecule has 0 saturated heterocycles. The molecular weight excluding hydrogens is 256 g/mol. The van der Waals surface area contributed by atoms with Gasteiger partial charge in [0.2, 0.25) is 0 Å². The van der Waals surface area contributed by atoms with Gasteiger partial charge < -0.3 is 10.6 Å². The Bertz CT molecular complexity index is 364. The average Bonchev–Trinajstić information content (AvgIpc) is 2.38. The first kappa shape index (κ1) is 18.1. The molecule has 0 rings (SSSR count). The number of hydrogen-bond donors (Lipinski definition) is 2. The third-order valence-corrected chi connectivity index (χ3v) is 2.68. The van der Waals surface area contributed by atoms with Crippen LogP contribution in [0.1, 0.15) is 39.5 Å². The maximum atomic E-state index is 11.4. The van der Waals surface area contributed by atoms with Crippen molar-refractivity contribution in [3.05, 3.63) is 24.3 Å². The van der Waals surface area contributed by atoms with E-state index in [0.717, 1.165) is 0 Å². The van der Waals surface area contributed by atoms with Gasteiger partial charge in [-0.05, 0) is 37.8 Å². The fraction of sp³-hybridized carbons (Fsp3) is 0.533. The molecule has 0 saturated carbocycles. The fourth-order valence-electron chi connectivity index (χ4n) is 1.39. The zero-order valence-electron chi connectivity index (χ0n) is 12.4. The Hall–Kier alpha value is -1.91. The van der Waals surface area contributed by atoms with Crippen LogP contribution in [0, 0.1) is 0 Å². The van der Waals surface area contributed by atoms with Gasteiger partial charge in [-0.3, -0.25) is 9.59 Å². The van der Waals surface area contributed by atoms with Crippen LogP contribution < -0.4 is 10.6 Å². The average molecular weight is 280 g/mol. The fourth-order valence-corrected chi connectivity index (χ4v) is 1.39. The van der Waals surface area contributed by atoms with Crippen molar-refractivity contribution < 1.29 is 14.4 Å². The second-order valence-corrected chi connectivity index (χ2v) is 4.80. The van der Waals surface area contributed by atoms with E-state index in [9.17, 15) is 14.4 Å². The normalized spacial score (nSPS) is 9.70. The summed E-state index contributed by atoms with van der Waals surface area (Å²) in [6, 6.07) is -0.282. The highest BCUT2D eigenvalue weighted by Crippen LogP contribution is 1.99. The van der Waals surface area contributed by atoms with E-state index in [1.807, 2.05) is 0 Å². The SMILES string of the molecule is C=C(C)C(=O)CCCNC(=O)NCCCC(=O)C(=C)C. The number of allylic oxidation sites excluding steroid dienone is 2. The van der Waals surface area contributed by atoms with Crippen LogP contribution in [0.3, 0.4) is 0 Å². The van der Waals surface area contributed by atoms with Gasteiger partial charge in [-0.15, -0.1) is 0 Å². The lowest BCUT2D eigenvalue weighted by Crippen LogP contribution is -2.36. The highest BCUT2D eigenvalue weighted by atomic mass is 16.2. The van der Waals surface area contributed by atoms with E-state index in [1.54, 1.807) is 13.8 Å². The van der Waals surface area contributed by atoms with Gasteiger partial charge in [-0.25, -0.2) is 4.79 Å². The lowest BCUT2D eigenvalue weighted by molar-refractivity contribution is -0.116. The summed E-state index contributed by atoms with van der Waals surface area (Å²) in [4.78, 5) is 33.9. The summed E-state index contributed by atoms with van der Waals surface area (Å²) in [5.74, 6) is 0.0380. The molecular formula is C15H24N2O3. The number of carbonyl (C=O) groups excluding carboxylic acids is 3. The summed E-state index contributed by atoms with van der Waals surface area (Å²) in [6.45, 7) is 11.4. The lowest BCUT2D eigenvalue weighted by Gasteiger charge is -2.07. The van der Waals surface area contributed by atoms with Crippen LogP contribution in [0.25, 0.3) is 0 Å². The van der Waals surface area contributed by atoms with Crippen molar-refractivity contribution in [3.8, 4) is 0 Å². The summed E-state index contributed by atoms with van der Waals surface area (Å²) in [6.07, 6.45) is 1.96. The molecule has 0 unspecified atom stereocenters. The minimum absolute atomic E-state index is 0.0190. The number of hydrogen-bond acceptors (Lipinski definition) is 3. The van der Waals surface area contributed by atoms with E-state index in [0.29, 0.717) is 49.9 Å². The Balaban J connectivity index is 3.55. The first-order valence-electron chi connectivity index (χ1n) is 6.73. The number of rotatable bonds is 10. The molecule has 112 valence electrons. The molecule has 2 N–H and O–H groups in total. The highest BCUT2D eigenvalue weighted by Gasteiger charge is 2.04. The van der Waals surface area contributed by atoms with Crippen LogP contribution in [0.2, 0.25) is 0 Å². The number of amides is 2. The third kappa shape index (κ3) is 9.08. The van der Waals surface area contributed by atoms with Gasteiger partial charge in [0.25, 0.3) is 0 Å². The van der Waals surface area contributed by atoms with E-state index < -0.39 is 0 Å². The molecule has 0 aromatic heterocycles. The summed E-state index contributed by atoms with van der Waals surface area (Å²) in [5.41, 5.74) is 1.08. The number of urea groups is 1. The van der Waals surface area contributed by atoms with Gasteiger partial charge >= 0.3 is 6.03 Å². The van der Waals surface area contributed by atoms with Crippen molar-refractivity contribution in [2.24, 2.45) is 0 Å². The van der Waals surface area contributed by atoms with Crippen LogP contribution in [-0.2, 0) is 9.59 Å². The molecule has 0 fully saturated rings. The molecule has 0 aromatic rings. The molecule has 5 nitrogen and oxygen atoms in total. The molecule has 0 aliphatic heterocycles. The van der Waals surface area contributed by atoms with E-state index in [2.05, 4.69) is 23.8 Å². The standard InChI is InChI=1S/C15H24N2O3/c1-11(2)13(18)7-5-9-16-15(20)17-10-6-8-14(19)12(3)4/h1,3,5-10H2,2,4H3,(H2,16,17,20). The zero-order valence-corrected chi connectivity index (χ0v) is 12.4. The van der Waals surface area contributed by atoms with Gasteiger partial charge in [0, 0.05) is 25.9 Å². The molecule has 0 bridgehead atoms. The van der Waals surface area contributed by atoms with Gasteiger partial charge in [-0.1, -0.05) is 13.2 Å². The molecule has 0 atom stereocenters. The number of carbonyl (C=O) groups is 3. The topological polar surface area (TPSA) is 75.3 Å². The summed E-state index contributed by atoms with van der Waals surface area (Å²) >= 11 is 0. The molecule has 0 spiro atoms. The maximum absolute atomic E-state index is 11.4. The van der Waals surface area contributed by atoms with Crippen molar-refractivity contribution >= 4 is 17.6 Å². The molecule has 0 heterocycles. The van der Waals surface area contributed by atoms with Crippen LogP contribution in [-0.4, -0.2) is 30.7 Å². The molecule has 20 heavy (non-hydrogen) atoms. The second kappa shape index (κ2) is 9.95. The molecule has 0 aliphatic carbocycles. The first-order valence-corrected chi connectivity index (χ1v) is 6.73. The van der Waals surface area contributed by atoms with E-state index in [-0.39, 0.29) is 17.6 Å². The van der Waals surface area contributed by atoms with E-state index in [4.69, 9.17) is 0 Å². The Labute approximate surface area is 120 Å². The maximum Gasteiger partial charge on any atom is 0.314 e. The smallest absolute Gasteiger partial charge is 0.314 e. The van der Waals surface area contributed by atoms with Crippen molar-refractivity contribution in [3.63, 3.8) is 0 Å². The Morgan fingerprint density at radius 1 is 0.800 bits per heavy atom. The minimum atomic E-state index is -0.282. The van der Waals surface area contributed by atoms with E-state index >= 15 is 0 Å². The first-order chi connectivity index (χ1) is 9.34. The molecule has 0 radical (unpaired) electrons. The molecule has 5 heteroatoms. The zero-order chi connectivity index (χ0) is 15.5. The van der Waals surface area contributed by atoms with Crippen molar-refractivity contribution in [1.82, 2.24) is 10.6 Å². The summed E-state index contributed by atoms with van der Waals surface area (Å²) < 4.78 is 0. The Kier molecular flexibility index (Phi) is 9.00. The highest BCUT2D eigenvalue weighted by molar-refractivity contribution is 5.94. The lowest BCUT2D eigenvalue weighted by atomic mass is 10.1. The van der Waals surface area contributed by atoms with Gasteiger partial charge in [0.05, 0.1) is 0 Å². The predicted molar refractivity (Wildman–Crippen MR) is 79.5 cm³/mol. The van der Waals surface area contributed by atoms with Gasteiger partial charge in [0.1, 0.15) is 0 Å². The van der Waals surface area contributed by atoms with Crippen LogP contribution >= 0.6 is 0 Å². The van der Waals surface area contributed by atoms with Crippen molar-refractivity contribution in [2.45, 2.75) is 39.5 Å².